The van der Waals surface area contributed by atoms with Gasteiger partial charge in [0, 0.05) is 35.2 Å². The highest BCUT2D eigenvalue weighted by Crippen LogP contribution is 2.21. The van der Waals surface area contributed by atoms with Gasteiger partial charge < -0.3 is 51.1 Å². The van der Waals surface area contributed by atoms with Crippen LogP contribution in [0.2, 0.25) is 0 Å². The highest BCUT2D eigenvalue weighted by atomic mass is 16.2. The van der Waals surface area contributed by atoms with E-state index < -0.39 is 132 Å². The van der Waals surface area contributed by atoms with Gasteiger partial charge in [0.25, 0.3) is 0 Å². The molecule has 0 unspecified atom stereocenters. The third-order valence-electron chi connectivity index (χ3n) is 13.0. The molecule has 1 aliphatic heterocycles. The van der Waals surface area contributed by atoms with Crippen molar-refractivity contribution in [1.82, 2.24) is 51.1 Å². The fraction of sp³-hybridized carbons (Fsp3) is 0.804. The number of nitrogens with zero attached hydrogens (tertiary/aromatic N) is 5. The van der Waals surface area contributed by atoms with Crippen LogP contribution in [0.5, 0.6) is 0 Å². The van der Waals surface area contributed by atoms with Crippen LogP contribution in [0.3, 0.4) is 0 Å². The third-order valence-corrected chi connectivity index (χ3v) is 13.0. The zero-order chi connectivity index (χ0) is 55.1. The Morgan fingerprint density at radius 1 is 0.408 bits per heavy atom. The molecule has 0 aromatic rings. The molecular weight excluding hydrogens is 913 g/mol. The molecule has 1 fully saturated rings. The van der Waals surface area contributed by atoms with E-state index in [2.05, 4.69) is 26.6 Å². The Morgan fingerprint density at radius 3 is 1.20 bits per heavy atom. The largest absolute Gasteiger partial charge is 0.343 e. The minimum Gasteiger partial charge on any atom is -0.343 e. The van der Waals surface area contributed by atoms with E-state index in [0.717, 1.165) is 4.90 Å². The molecule has 5 N–H and O–H groups in total. The average molecular weight is 1010 g/mol. The molecule has 1 aliphatic rings. The van der Waals surface area contributed by atoms with Gasteiger partial charge in [-0.25, -0.2) is 0 Å². The number of amides is 10. The van der Waals surface area contributed by atoms with E-state index in [1.807, 2.05) is 55.4 Å². The molecule has 0 bridgehead atoms. The van der Waals surface area contributed by atoms with Gasteiger partial charge in [-0.05, 0) is 81.5 Å². The van der Waals surface area contributed by atoms with Crippen LogP contribution in [-0.4, -0.2) is 180 Å². The number of rotatable bonds is 11. The predicted octanol–water partition coefficient (Wildman–Crippen LogP) is 2.14. The fourth-order valence-corrected chi connectivity index (χ4v) is 8.51. The Kier molecular flexibility index (Phi) is 25.7. The van der Waals surface area contributed by atoms with Crippen LogP contribution in [0.1, 0.15) is 136 Å². The molecule has 9 atom stereocenters. The van der Waals surface area contributed by atoms with Crippen LogP contribution in [0.25, 0.3) is 0 Å². The van der Waals surface area contributed by atoms with Gasteiger partial charge >= 0.3 is 0 Å². The molecule has 71 heavy (non-hydrogen) atoms. The molecular formula is C51H92N10O10. The minimum atomic E-state index is -1.18. The van der Waals surface area contributed by atoms with Gasteiger partial charge in [-0.2, -0.15) is 0 Å². The number of likely N-dealkylation sites (N-methyl/N-ethyl adjacent to an activating group) is 5. The van der Waals surface area contributed by atoms with Crippen molar-refractivity contribution in [2.75, 3.05) is 41.8 Å². The van der Waals surface area contributed by atoms with Gasteiger partial charge in [0.15, 0.2) is 0 Å². The van der Waals surface area contributed by atoms with Crippen LogP contribution < -0.4 is 26.6 Å². The van der Waals surface area contributed by atoms with Crippen LogP contribution >= 0.6 is 0 Å². The summed E-state index contributed by atoms with van der Waals surface area (Å²) in [5, 5.41) is 13.8. The molecule has 10 amide bonds. The number of carbonyl (C=O) groups excluding carboxylic acids is 10. The fourth-order valence-electron chi connectivity index (χ4n) is 8.51. The maximum atomic E-state index is 14.6. The van der Waals surface area contributed by atoms with E-state index in [-0.39, 0.29) is 55.8 Å². The first-order chi connectivity index (χ1) is 32.7. The molecule has 20 nitrogen and oxygen atoms in total. The maximum absolute atomic E-state index is 14.6. The van der Waals surface area contributed by atoms with Crippen molar-refractivity contribution in [3.63, 3.8) is 0 Å². The van der Waals surface area contributed by atoms with E-state index in [1.54, 1.807) is 34.6 Å². The summed E-state index contributed by atoms with van der Waals surface area (Å²) < 4.78 is 0. The van der Waals surface area contributed by atoms with E-state index >= 15 is 0 Å². The SMILES string of the molecule is CC[C@@H]1NC(=O)[C@H](C(C)C)NC(=O)[C@H](CC(C)C)N(C)C(=O)[C@H](CC(C)C)N(C)C(=O)[C@@H](C)NC(=O)[C@H](C)NC(=O)[C@H](CC(C)C)N(C)C(=O)[C@H](C(C)C)NC(=O)[C@H](CC(C)C)N(C)C(=O)CN(C)C1=O. The van der Waals surface area contributed by atoms with Crippen molar-refractivity contribution in [2.24, 2.45) is 35.5 Å². The molecule has 406 valence electrons. The first kappa shape index (κ1) is 63.7. The second-order valence-corrected chi connectivity index (χ2v) is 22.0. The molecule has 1 rings (SSSR count). The summed E-state index contributed by atoms with van der Waals surface area (Å²) in [6, 6.07) is -10.0. The monoisotopic (exact) mass is 1000 g/mol. The van der Waals surface area contributed by atoms with Gasteiger partial charge in [0.05, 0.1) is 6.54 Å². The summed E-state index contributed by atoms with van der Waals surface area (Å²) in [5.74, 6) is -7.43. The van der Waals surface area contributed by atoms with E-state index in [0.29, 0.717) is 0 Å². The van der Waals surface area contributed by atoms with Gasteiger partial charge in [-0.1, -0.05) is 90.0 Å². The molecule has 0 saturated carbocycles. The van der Waals surface area contributed by atoms with Gasteiger partial charge in [-0.15, -0.1) is 0 Å². The summed E-state index contributed by atoms with van der Waals surface area (Å²) in [6.07, 6.45) is 0.937. The lowest BCUT2D eigenvalue weighted by Gasteiger charge is -2.37. The van der Waals surface area contributed by atoms with Crippen LogP contribution in [0.15, 0.2) is 0 Å². The van der Waals surface area contributed by atoms with Gasteiger partial charge in [-0.3, -0.25) is 47.9 Å². The summed E-state index contributed by atoms with van der Waals surface area (Å²) in [6.45, 7) is 26.1. The Labute approximate surface area is 424 Å². The summed E-state index contributed by atoms with van der Waals surface area (Å²) in [7, 11) is 7.23. The van der Waals surface area contributed by atoms with Crippen LogP contribution in [0.4, 0.5) is 0 Å². The topological polar surface area (TPSA) is 247 Å². The van der Waals surface area contributed by atoms with Crippen molar-refractivity contribution in [3.8, 4) is 0 Å². The highest BCUT2D eigenvalue weighted by molar-refractivity contribution is 5.99. The number of carbonyl (C=O) groups is 10. The molecule has 0 aromatic carbocycles. The van der Waals surface area contributed by atoms with E-state index in [9.17, 15) is 47.9 Å². The van der Waals surface area contributed by atoms with Crippen molar-refractivity contribution >= 4 is 59.1 Å². The summed E-state index contributed by atoms with van der Waals surface area (Å²) >= 11 is 0. The molecule has 20 heteroatoms. The number of hydrogen-bond acceptors (Lipinski definition) is 10. The summed E-state index contributed by atoms with van der Waals surface area (Å²) in [4.78, 5) is 148. The molecule has 0 aliphatic carbocycles. The summed E-state index contributed by atoms with van der Waals surface area (Å²) in [5.41, 5.74) is 0. The Balaban J connectivity index is 4.01. The zero-order valence-electron chi connectivity index (χ0n) is 46.7. The predicted molar refractivity (Wildman–Crippen MR) is 273 cm³/mol. The second kappa shape index (κ2) is 28.7. The normalized spacial score (nSPS) is 27.0. The first-order valence-corrected chi connectivity index (χ1v) is 25.5. The Bertz CT molecular complexity index is 1870. The van der Waals surface area contributed by atoms with Crippen molar-refractivity contribution < 1.29 is 47.9 Å². The zero-order valence-corrected chi connectivity index (χ0v) is 46.7. The van der Waals surface area contributed by atoms with Crippen LogP contribution in [-0.2, 0) is 47.9 Å². The standard InChI is InChI=1S/C51H92N10O10/c1-21-35-49(69)57(16)26-40(62)58(17)36(22-27(2)3)45(65)56-42(32(12)13)51(71)60(19)37(23-28(4)5)44(64)52-33(14)43(63)53-34(15)48(68)61(20)39(25-30(8)9)50(70)59(18)38(24-29(6)7)46(66)55-41(31(10)11)47(67)54-35/h27-39,41-42H,21-26H2,1-20H3,(H,52,64)(H,53,63)(H,54,67)(H,55,66)(H,56,65)/t33-,34+,35-,36-,37-,38-,39-,41-,42-/m0/s1. The lowest BCUT2D eigenvalue weighted by atomic mass is 9.96. The Morgan fingerprint density at radius 2 is 0.775 bits per heavy atom. The molecule has 1 heterocycles. The van der Waals surface area contributed by atoms with E-state index in [1.165, 1.54) is 68.7 Å². The third kappa shape index (κ3) is 18.7. The van der Waals surface area contributed by atoms with Crippen LogP contribution in [0, 0.1) is 35.5 Å². The van der Waals surface area contributed by atoms with Gasteiger partial charge in [0.1, 0.15) is 54.4 Å². The molecule has 0 spiro atoms. The van der Waals surface area contributed by atoms with Crippen molar-refractivity contribution in [2.45, 2.75) is 190 Å². The molecule has 0 aromatic heterocycles. The maximum Gasteiger partial charge on any atom is 0.245 e. The van der Waals surface area contributed by atoms with Crippen molar-refractivity contribution in [3.05, 3.63) is 0 Å². The molecule has 1 saturated heterocycles. The molecule has 0 radical (unpaired) electrons. The lowest BCUT2D eigenvalue weighted by Crippen LogP contribution is -2.61. The number of nitrogens with one attached hydrogen (secondary N) is 5. The smallest absolute Gasteiger partial charge is 0.245 e. The average Bonchev–Trinajstić information content (AvgIpc) is 3.27. The minimum absolute atomic E-state index is 0.0863. The second-order valence-electron chi connectivity index (χ2n) is 22.0. The quantitative estimate of drug-likeness (QED) is 0.202. The van der Waals surface area contributed by atoms with E-state index in [4.69, 9.17) is 0 Å². The van der Waals surface area contributed by atoms with Crippen molar-refractivity contribution in [1.29, 1.82) is 0 Å². The lowest BCUT2D eigenvalue weighted by molar-refractivity contribution is -0.150. The number of hydrogen-bond donors (Lipinski definition) is 5. The Hall–Kier alpha value is -5.30. The highest BCUT2D eigenvalue weighted by Gasteiger charge is 2.41. The first-order valence-electron chi connectivity index (χ1n) is 25.5. The van der Waals surface area contributed by atoms with Gasteiger partial charge in [0.2, 0.25) is 59.1 Å².